The number of hydrazone groups is 1. The largest absolute Gasteiger partial charge is 0.310 e. The zero-order valence-electron chi connectivity index (χ0n) is 30.0. The molecular weight excluding hydrogens is 623 g/mol. The van der Waals surface area contributed by atoms with Crippen LogP contribution in [0.25, 0.3) is 22.3 Å². The summed E-state index contributed by atoms with van der Waals surface area (Å²) in [6.45, 7) is 12.3. The van der Waals surface area contributed by atoms with Crippen LogP contribution in [0.1, 0.15) is 79.2 Å². The second-order valence-corrected chi connectivity index (χ2v) is 14.8. The van der Waals surface area contributed by atoms with Gasteiger partial charge in [-0.25, -0.2) is 0 Å². The minimum absolute atomic E-state index is 0.104. The van der Waals surface area contributed by atoms with E-state index in [4.69, 9.17) is 5.10 Å². The molecule has 0 unspecified atom stereocenters. The standard InChI is InChI=1S/C47H43N3O/c1-6-27-49(34-19-17-33(31-51)18-20-34)48-30-32-15-21-35(22-16-32)50(36-23-25-40-38-11-7-9-13-42(38)46(2,3)44(40)28-36)37-24-26-41-39-12-8-10-14-43(39)47(4,5)45(41)29-37/h7-26,28-31H,6,27H2,1-5H3/b48-30+. The van der Waals surface area contributed by atoms with E-state index in [0.717, 1.165) is 47.6 Å². The van der Waals surface area contributed by atoms with Crippen LogP contribution in [-0.2, 0) is 10.8 Å². The Morgan fingerprint density at radius 1 is 0.529 bits per heavy atom. The lowest BCUT2D eigenvalue weighted by Crippen LogP contribution is -2.18. The fourth-order valence-corrected chi connectivity index (χ4v) is 8.15. The Labute approximate surface area is 301 Å². The summed E-state index contributed by atoms with van der Waals surface area (Å²) >= 11 is 0. The summed E-state index contributed by atoms with van der Waals surface area (Å²) < 4.78 is 0. The third-order valence-corrected chi connectivity index (χ3v) is 10.9. The van der Waals surface area contributed by atoms with E-state index in [0.29, 0.717) is 5.56 Å². The van der Waals surface area contributed by atoms with Gasteiger partial charge in [0.15, 0.2) is 0 Å². The van der Waals surface area contributed by atoms with Crippen LogP contribution >= 0.6 is 0 Å². The smallest absolute Gasteiger partial charge is 0.150 e. The van der Waals surface area contributed by atoms with Crippen molar-refractivity contribution in [3.05, 3.63) is 167 Å². The molecule has 0 atom stereocenters. The van der Waals surface area contributed by atoms with Crippen molar-refractivity contribution >= 4 is 35.3 Å². The van der Waals surface area contributed by atoms with Gasteiger partial charge in [0.25, 0.3) is 0 Å². The number of carbonyl (C=O) groups is 1. The molecule has 2 aliphatic carbocycles. The highest BCUT2D eigenvalue weighted by Gasteiger charge is 2.37. The maximum atomic E-state index is 11.2. The lowest BCUT2D eigenvalue weighted by atomic mass is 9.82. The fourth-order valence-electron chi connectivity index (χ4n) is 8.15. The number of hydrogen-bond acceptors (Lipinski definition) is 4. The number of anilines is 4. The van der Waals surface area contributed by atoms with E-state index < -0.39 is 0 Å². The van der Waals surface area contributed by atoms with E-state index in [9.17, 15) is 4.79 Å². The Morgan fingerprint density at radius 3 is 1.49 bits per heavy atom. The topological polar surface area (TPSA) is 35.9 Å². The Balaban J connectivity index is 1.20. The highest BCUT2D eigenvalue weighted by Crippen LogP contribution is 2.53. The predicted octanol–water partition coefficient (Wildman–Crippen LogP) is 11.8. The molecule has 0 fully saturated rings. The summed E-state index contributed by atoms with van der Waals surface area (Å²) in [5.74, 6) is 0. The first-order valence-corrected chi connectivity index (χ1v) is 18.0. The summed E-state index contributed by atoms with van der Waals surface area (Å²) in [7, 11) is 0. The van der Waals surface area contributed by atoms with Crippen molar-refractivity contribution in [2.75, 3.05) is 16.5 Å². The van der Waals surface area contributed by atoms with Crippen LogP contribution in [0.3, 0.4) is 0 Å². The number of aldehydes is 1. The number of rotatable bonds is 9. The minimum atomic E-state index is -0.104. The average Bonchev–Trinajstić information content (AvgIpc) is 3.53. The van der Waals surface area contributed by atoms with Gasteiger partial charge in [0.05, 0.1) is 11.9 Å². The molecule has 2 aliphatic rings. The van der Waals surface area contributed by atoms with Crippen molar-refractivity contribution in [3.8, 4) is 22.3 Å². The van der Waals surface area contributed by atoms with Gasteiger partial charge in [0.2, 0.25) is 0 Å². The zero-order chi connectivity index (χ0) is 35.3. The Bertz CT molecular complexity index is 2190. The van der Waals surface area contributed by atoms with Gasteiger partial charge in [-0.15, -0.1) is 0 Å². The van der Waals surface area contributed by atoms with Crippen LogP contribution in [0, 0.1) is 0 Å². The van der Waals surface area contributed by atoms with Gasteiger partial charge in [0.1, 0.15) is 6.29 Å². The number of carbonyl (C=O) groups excluding carboxylic acids is 1. The molecule has 0 saturated carbocycles. The molecule has 252 valence electrons. The molecule has 6 aromatic carbocycles. The van der Waals surface area contributed by atoms with Crippen molar-refractivity contribution in [3.63, 3.8) is 0 Å². The zero-order valence-corrected chi connectivity index (χ0v) is 30.0. The molecule has 6 aromatic rings. The number of hydrogen-bond donors (Lipinski definition) is 0. The second-order valence-electron chi connectivity index (χ2n) is 14.8. The minimum Gasteiger partial charge on any atom is -0.310 e. The molecular formula is C47H43N3O. The second kappa shape index (κ2) is 12.5. The first-order valence-electron chi connectivity index (χ1n) is 18.0. The summed E-state index contributed by atoms with van der Waals surface area (Å²) in [5.41, 5.74) is 16.5. The van der Waals surface area contributed by atoms with E-state index in [1.807, 2.05) is 35.5 Å². The van der Waals surface area contributed by atoms with Crippen molar-refractivity contribution in [1.82, 2.24) is 0 Å². The molecule has 0 saturated heterocycles. The van der Waals surface area contributed by atoms with Gasteiger partial charge in [-0.05, 0) is 117 Å². The Morgan fingerprint density at radius 2 is 0.980 bits per heavy atom. The van der Waals surface area contributed by atoms with Gasteiger partial charge in [-0.1, -0.05) is 107 Å². The van der Waals surface area contributed by atoms with Crippen LogP contribution in [0.15, 0.2) is 139 Å². The summed E-state index contributed by atoms with van der Waals surface area (Å²) in [6, 6.07) is 47.9. The quantitative estimate of drug-likeness (QED) is 0.0876. The van der Waals surface area contributed by atoms with Gasteiger partial charge in [-0.2, -0.15) is 5.10 Å². The summed E-state index contributed by atoms with van der Waals surface area (Å²) in [5, 5.41) is 6.85. The molecule has 4 heteroatoms. The van der Waals surface area contributed by atoms with Crippen LogP contribution in [0.2, 0.25) is 0 Å². The van der Waals surface area contributed by atoms with Crippen LogP contribution < -0.4 is 9.91 Å². The summed E-state index contributed by atoms with van der Waals surface area (Å²) in [4.78, 5) is 13.6. The van der Waals surface area contributed by atoms with E-state index >= 15 is 0 Å². The monoisotopic (exact) mass is 665 g/mol. The fraction of sp³-hybridized carbons (Fsp3) is 0.191. The third kappa shape index (κ3) is 5.47. The molecule has 0 aromatic heterocycles. The molecule has 0 radical (unpaired) electrons. The first kappa shape index (κ1) is 32.5. The van der Waals surface area contributed by atoms with Gasteiger partial charge < -0.3 is 4.90 Å². The molecule has 8 rings (SSSR count). The van der Waals surface area contributed by atoms with Crippen molar-refractivity contribution in [1.29, 1.82) is 0 Å². The van der Waals surface area contributed by atoms with E-state index in [1.54, 1.807) is 0 Å². The number of nitrogens with zero attached hydrogens (tertiary/aromatic N) is 3. The van der Waals surface area contributed by atoms with E-state index in [2.05, 4.69) is 149 Å². The van der Waals surface area contributed by atoms with Crippen molar-refractivity contribution in [2.45, 2.75) is 51.9 Å². The summed E-state index contributed by atoms with van der Waals surface area (Å²) in [6.07, 6.45) is 3.74. The van der Waals surface area contributed by atoms with E-state index in [-0.39, 0.29) is 10.8 Å². The predicted molar refractivity (Wildman–Crippen MR) is 213 cm³/mol. The highest BCUT2D eigenvalue weighted by atomic mass is 16.1. The molecule has 0 bridgehead atoms. The van der Waals surface area contributed by atoms with Gasteiger partial charge >= 0.3 is 0 Å². The Hall–Kier alpha value is -5.74. The van der Waals surface area contributed by atoms with Gasteiger partial charge in [-0.3, -0.25) is 9.80 Å². The molecule has 0 N–H and O–H groups in total. The lowest BCUT2D eigenvalue weighted by molar-refractivity contribution is 0.112. The van der Waals surface area contributed by atoms with Crippen molar-refractivity contribution < 1.29 is 4.79 Å². The normalized spacial score (nSPS) is 14.5. The molecule has 51 heavy (non-hydrogen) atoms. The van der Waals surface area contributed by atoms with Gasteiger partial charge in [0, 0.05) is 40.0 Å². The average molecular weight is 666 g/mol. The Kier molecular flexibility index (Phi) is 7.98. The number of benzene rings is 6. The maximum absolute atomic E-state index is 11.2. The molecule has 0 aliphatic heterocycles. The van der Waals surface area contributed by atoms with Crippen LogP contribution in [0.5, 0.6) is 0 Å². The third-order valence-electron chi connectivity index (χ3n) is 10.9. The number of fused-ring (bicyclic) bond motifs is 6. The first-order chi connectivity index (χ1) is 24.7. The van der Waals surface area contributed by atoms with Crippen molar-refractivity contribution in [2.24, 2.45) is 5.10 Å². The molecule has 0 amide bonds. The highest BCUT2D eigenvalue weighted by molar-refractivity contribution is 5.89. The van der Waals surface area contributed by atoms with Crippen LogP contribution in [0.4, 0.5) is 22.7 Å². The SMILES string of the molecule is CCCN(/N=C/c1ccc(N(c2ccc3c(c2)C(C)(C)c2ccccc2-3)c2ccc3c(c2)C(C)(C)c2ccccc2-3)cc1)c1ccc(C=O)cc1. The maximum Gasteiger partial charge on any atom is 0.150 e. The lowest BCUT2D eigenvalue weighted by Gasteiger charge is -2.29. The van der Waals surface area contributed by atoms with E-state index in [1.165, 1.54) is 44.5 Å². The molecule has 4 nitrogen and oxygen atoms in total. The molecule has 0 spiro atoms. The van der Waals surface area contributed by atoms with Crippen LogP contribution in [-0.4, -0.2) is 19.0 Å². The molecule has 0 heterocycles.